The molecule has 162 valence electrons. The molecule has 0 aliphatic heterocycles. The first-order chi connectivity index (χ1) is 14.0. The molecule has 0 radical (unpaired) electrons. The van der Waals surface area contributed by atoms with Gasteiger partial charge in [-0.3, -0.25) is 9.78 Å². The number of halogens is 4. The van der Waals surface area contributed by atoms with Crippen LogP contribution in [0.4, 0.5) is 18.0 Å². The van der Waals surface area contributed by atoms with Gasteiger partial charge in [0.25, 0.3) is 0 Å². The van der Waals surface area contributed by atoms with E-state index in [1.54, 1.807) is 31.2 Å². The summed E-state index contributed by atoms with van der Waals surface area (Å²) >= 11 is 5.83. The number of carbonyl (C=O) groups is 2. The molecular weight excluding hydrogens is 427 g/mol. The van der Waals surface area contributed by atoms with E-state index in [-0.39, 0.29) is 12.2 Å². The third-order valence-corrected chi connectivity index (χ3v) is 4.11. The predicted molar refractivity (Wildman–Crippen MR) is 102 cm³/mol. The number of alkyl halides is 3. The highest BCUT2D eigenvalue weighted by atomic mass is 35.5. The van der Waals surface area contributed by atoms with Crippen LogP contribution < -0.4 is 15.8 Å². The fraction of sp³-hybridized carbons (Fsp3) is 0.316. The van der Waals surface area contributed by atoms with Crippen molar-refractivity contribution in [1.29, 1.82) is 0 Å². The highest BCUT2D eigenvalue weighted by Crippen LogP contribution is 2.24. The van der Waals surface area contributed by atoms with Crippen molar-refractivity contribution in [2.75, 3.05) is 6.61 Å². The number of nitrogens with zero attached hydrogens (tertiary/aromatic N) is 1. The molecule has 1 aromatic carbocycles. The monoisotopic (exact) mass is 445 g/mol. The van der Waals surface area contributed by atoms with Gasteiger partial charge in [0.1, 0.15) is 11.9 Å². The Balaban J connectivity index is 1.97. The average Bonchev–Trinajstić information content (AvgIpc) is 2.66. The molecule has 2 amide bonds. The fourth-order valence-electron chi connectivity index (χ4n) is 2.49. The van der Waals surface area contributed by atoms with E-state index in [0.29, 0.717) is 16.3 Å². The first kappa shape index (κ1) is 23.3. The van der Waals surface area contributed by atoms with Crippen LogP contribution in [0.25, 0.3) is 0 Å². The molecule has 0 saturated carbocycles. The first-order valence-corrected chi connectivity index (χ1v) is 9.07. The van der Waals surface area contributed by atoms with Gasteiger partial charge in [-0.1, -0.05) is 23.7 Å². The summed E-state index contributed by atoms with van der Waals surface area (Å²) in [7, 11) is 0. The normalized spacial score (nSPS) is 13.2. The van der Waals surface area contributed by atoms with E-state index in [0.717, 1.165) is 6.20 Å². The number of ether oxygens (including phenoxy) is 2. The van der Waals surface area contributed by atoms with Crippen molar-refractivity contribution in [2.45, 2.75) is 31.7 Å². The second kappa shape index (κ2) is 10.1. The van der Waals surface area contributed by atoms with Gasteiger partial charge < -0.3 is 20.5 Å². The van der Waals surface area contributed by atoms with Crippen LogP contribution in [0.3, 0.4) is 0 Å². The molecule has 0 spiro atoms. The number of primary amides is 1. The van der Waals surface area contributed by atoms with Gasteiger partial charge in [0.05, 0.1) is 24.4 Å². The maximum Gasteiger partial charge on any atom is 0.422 e. The molecule has 0 unspecified atom stereocenters. The lowest BCUT2D eigenvalue weighted by molar-refractivity contribution is -0.153. The van der Waals surface area contributed by atoms with E-state index in [4.69, 9.17) is 22.1 Å². The highest BCUT2D eigenvalue weighted by Gasteiger charge is 2.28. The van der Waals surface area contributed by atoms with Crippen molar-refractivity contribution in [3.63, 3.8) is 0 Å². The number of rotatable bonds is 8. The van der Waals surface area contributed by atoms with Crippen molar-refractivity contribution in [3.05, 3.63) is 58.9 Å². The van der Waals surface area contributed by atoms with Gasteiger partial charge in [0, 0.05) is 5.02 Å². The Bertz CT molecular complexity index is 861. The molecule has 0 aliphatic rings. The van der Waals surface area contributed by atoms with Crippen LogP contribution in [-0.2, 0) is 9.53 Å². The Morgan fingerprint density at radius 2 is 1.87 bits per heavy atom. The summed E-state index contributed by atoms with van der Waals surface area (Å²) in [5, 5.41) is 3.15. The third kappa shape index (κ3) is 7.78. The number of nitrogens with one attached hydrogen (secondary N) is 1. The summed E-state index contributed by atoms with van der Waals surface area (Å²) < 4.78 is 46.1. The molecule has 11 heteroatoms. The van der Waals surface area contributed by atoms with E-state index in [1.807, 2.05) is 0 Å². The summed E-state index contributed by atoms with van der Waals surface area (Å²) in [5.74, 6) is -0.504. The van der Waals surface area contributed by atoms with E-state index >= 15 is 0 Å². The minimum absolute atomic E-state index is 0.0488. The van der Waals surface area contributed by atoms with Crippen LogP contribution in [0.15, 0.2) is 42.6 Å². The molecule has 1 aromatic heterocycles. The van der Waals surface area contributed by atoms with Crippen molar-refractivity contribution >= 4 is 23.6 Å². The minimum atomic E-state index is -4.45. The van der Waals surface area contributed by atoms with Crippen LogP contribution in [-0.4, -0.2) is 29.8 Å². The number of pyridine rings is 1. The maximum atomic E-state index is 12.4. The fourth-order valence-corrected chi connectivity index (χ4v) is 2.61. The topological polar surface area (TPSA) is 104 Å². The van der Waals surface area contributed by atoms with E-state index in [9.17, 15) is 22.8 Å². The Labute approximate surface area is 175 Å². The largest absolute Gasteiger partial charge is 0.483 e. The van der Waals surface area contributed by atoms with Gasteiger partial charge in [0.15, 0.2) is 6.61 Å². The summed E-state index contributed by atoms with van der Waals surface area (Å²) in [5.41, 5.74) is 6.02. The lowest BCUT2D eigenvalue weighted by atomic mass is 10.1. The zero-order chi connectivity index (χ0) is 22.3. The van der Waals surface area contributed by atoms with Crippen LogP contribution in [0, 0.1) is 0 Å². The quantitative estimate of drug-likeness (QED) is 0.637. The summed E-state index contributed by atoms with van der Waals surface area (Å²) in [6.07, 6.45) is -5.48. The Morgan fingerprint density at radius 3 is 2.40 bits per heavy atom. The minimum Gasteiger partial charge on any atom is -0.483 e. The number of nitrogens with two attached hydrogens (primary N) is 1. The van der Waals surface area contributed by atoms with Crippen LogP contribution >= 0.6 is 11.6 Å². The lowest BCUT2D eigenvalue weighted by Crippen LogP contribution is -2.30. The molecule has 3 N–H and O–H groups in total. The molecule has 2 atom stereocenters. The molecule has 1 heterocycles. The van der Waals surface area contributed by atoms with Crippen LogP contribution in [0.2, 0.25) is 5.02 Å². The lowest BCUT2D eigenvalue weighted by Gasteiger charge is -2.19. The number of hydrogen-bond acceptors (Lipinski definition) is 5. The molecule has 0 bridgehead atoms. The van der Waals surface area contributed by atoms with E-state index in [1.165, 1.54) is 12.1 Å². The maximum absolute atomic E-state index is 12.4. The second-order valence-electron chi connectivity index (χ2n) is 6.29. The van der Waals surface area contributed by atoms with E-state index in [2.05, 4.69) is 15.0 Å². The van der Waals surface area contributed by atoms with E-state index < -0.39 is 36.9 Å². The summed E-state index contributed by atoms with van der Waals surface area (Å²) in [6.45, 7) is 0.217. The van der Waals surface area contributed by atoms with Crippen LogP contribution in [0.1, 0.15) is 36.7 Å². The highest BCUT2D eigenvalue weighted by molar-refractivity contribution is 6.30. The Kier molecular flexibility index (Phi) is 7.87. The summed E-state index contributed by atoms with van der Waals surface area (Å²) in [4.78, 5) is 27.6. The SMILES string of the molecule is C[C@@H](NC(=O)C[C@H](OC(N)=O)c1ccc(Cl)cc1)c1ccc(OCC(F)(F)F)cn1. The zero-order valence-electron chi connectivity index (χ0n) is 15.8. The van der Waals surface area contributed by atoms with Gasteiger partial charge in [-0.15, -0.1) is 0 Å². The van der Waals surface area contributed by atoms with Gasteiger partial charge in [0.2, 0.25) is 5.91 Å². The predicted octanol–water partition coefficient (Wildman–Crippen LogP) is 4.08. The first-order valence-electron chi connectivity index (χ1n) is 8.70. The van der Waals surface area contributed by atoms with Crippen molar-refractivity contribution < 1.29 is 32.2 Å². The number of benzene rings is 1. The Morgan fingerprint density at radius 1 is 1.20 bits per heavy atom. The molecule has 7 nitrogen and oxygen atoms in total. The zero-order valence-corrected chi connectivity index (χ0v) is 16.5. The summed E-state index contributed by atoms with van der Waals surface area (Å²) in [6, 6.07) is 8.58. The third-order valence-electron chi connectivity index (χ3n) is 3.85. The van der Waals surface area contributed by atoms with Gasteiger partial charge in [-0.05, 0) is 36.8 Å². The van der Waals surface area contributed by atoms with Crippen molar-refractivity contribution in [1.82, 2.24) is 10.3 Å². The smallest absolute Gasteiger partial charge is 0.422 e. The molecule has 0 fully saturated rings. The van der Waals surface area contributed by atoms with Crippen molar-refractivity contribution in [3.8, 4) is 5.75 Å². The number of carbonyl (C=O) groups excluding carboxylic acids is 2. The Hall–Kier alpha value is -3.01. The molecule has 0 saturated heterocycles. The number of hydrogen-bond donors (Lipinski definition) is 2. The van der Waals surface area contributed by atoms with Crippen molar-refractivity contribution in [2.24, 2.45) is 5.73 Å². The molecule has 2 aromatic rings. The average molecular weight is 446 g/mol. The van der Waals surface area contributed by atoms with Crippen LogP contribution in [0.5, 0.6) is 5.75 Å². The standard InChI is InChI=1S/C19H19ClF3N3O4/c1-11(15-7-6-14(9-25-15)29-10-19(21,22)23)26-17(27)8-16(30-18(24)28)12-2-4-13(20)5-3-12/h2-7,9,11,16H,8,10H2,1H3,(H2,24,28)(H,26,27)/t11-,16+/m1/s1. The second-order valence-corrected chi connectivity index (χ2v) is 6.73. The molecular formula is C19H19ClF3N3O4. The molecule has 2 rings (SSSR count). The van der Waals surface area contributed by atoms with Gasteiger partial charge in [-0.2, -0.15) is 13.2 Å². The number of amides is 2. The van der Waals surface area contributed by atoms with Gasteiger partial charge in [-0.25, -0.2) is 4.79 Å². The molecule has 30 heavy (non-hydrogen) atoms. The van der Waals surface area contributed by atoms with Gasteiger partial charge >= 0.3 is 12.3 Å². The number of aromatic nitrogens is 1. The molecule has 0 aliphatic carbocycles.